The van der Waals surface area contributed by atoms with E-state index in [9.17, 15) is 5.11 Å². The standard InChI is InChI=1S/C40H61N3O2S/c1-27(44)39(26-45-35-9-7-25-46-43-35)20-12-28(13-21-39)30-14-18-38(5)33(36(30,2)3)16-19-37(4)31-15-22-40(42-24-23-41)17-6-8-32(40)29(31)10-11-34(37)38/h7,9,12,14,25,29,31-34,42-44H,1,6,8,10-11,13,15-24,26,41H2,2-5H3. The van der Waals surface area contributed by atoms with E-state index < -0.39 is 5.41 Å². The first-order valence-corrected chi connectivity index (χ1v) is 19.5. The van der Waals surface area contributed by atoms with E-state index in [-0.39, 0.29) is 11.2 Å². The Balaban J connectivity index is 1.10. The van der Waals surface area contributed by atoms with Gasteiger partial charge in [0.15, 0.2) is 5.88 Å². The minimum absolute atomic E-state index is 0.142. The van der Waals surface area contributed by atoms with Gasteiger partial charge in [0, 0.05) is 18.6 Å². The maximum absolute atomic E-state index is 10.8. The van der Waals surface area contributed by atoms with Crippen LogP contribution in [0, 0.1) is 51.2 Å². The van der Waals surface area contributed by atoms with Gasteiger partial charge in [0.05, 0.1) is 11.2 Å². The second-order valence-corrected chi connectivity index (χ2v) is 18.2. The number of aliphatic hydroxyl groups excluding tert-OH is 1. The monoisotopic (exact) mass is 647 g/mol. The van der Waals surface area contributed by atoms with Gasteiger partial charge in [0.25, 0.3) is 0 Å². The molecule has 1 aliphatic heterocycles. The smallest absolute Gasteiger partial charge is 0.197 e. The Labute approximate surface area is 283 Å². The maximum Gasteiger partial charge on any atom is 0.197 e. The van der Waals surface area contributed by atoms with Crippen LogP contribution in [0.4, 0.5) is 0 Å². The second-order valence-electron chi connectivity index (χ2n) is 17.5. The maximum atomic E-state index is 10.8. The molecule has 0 amide bonds. The molecule has 0 aromatic carbocycles. The zero-order valence-electron chi connectivity index (χ0n) is 29.1. The van der Waals surface area contributed by atoms with Crippen LogP contribution in [0.3, 0.4) is 0 Å². The van der Waals surface area contributed by atoms with Crippen molar-refractivity contribution in [1.82, 2.24) is 10.0 Å². The number of ether oxygens (including phenoxy) is 1. The predicted molar refractivity (Wildman–Crippen MR) is 192 cm³/mol. The highest BCUT2D eigenvalue weighted by molar-refractivity contribution is 8.00. The summed E-state index contributed by atoms with van der Waals surface area (Å²) in [5.74, 6) is 5.13. The summed E-state index contributed by atoms with van der Waals surface area (Å²) in [4.78, 5) is 0. The van der Waals surface area contributed by atoms with E-state index in [1.54, 1.807) is 5.57 Å². The topological polar surface area (TPSA) is 79.5 Å². The zero-order chi connectivity index (χ0) is 32.4. The van der Waals surface area contributed by atoms with Gasteiger partial charge in [-0.05, 0) is 164 Å². The molecule has 5 N–H and O–H groups in total. The van der Waals surface area contributed by atoms with Crippen molar-refractivity contribution in [3.05, 3.63) is 59.1 Å². The summed E-state index contributed by atoms with van der Waals surface area (Å²) in [6.45, 7) is 16.8. The lowest BCUT2D eigenvalue weighted by Crippen LogP contribution is -2.63. The Morgan fingerprint density at radius 2 is 1.85 bits per heavy atom. The Bertz CT molecular complexity index is 1330. The van der Waals surface area contributed by atoms with Gasteiger partial charge in [-0.3, -0.25) is 4.72 Å². The molecule has 254 valence electrons. The van der Waals surface area contributed by atoms with Crippen LogP contribution in [0.5, 0.6) is 0 Å². The van der Waals surface area contributed by atoms with Crippen LogP contribution in [0.1, 0.15) is 111 Å². The predicted octanol–water partition coefficient (Wildman–Crippen LogP) is 9.08. The van der Waals surface area contributed by atoms with Crippen molar-refractivity contribution in [2.24, 2.45) is 57.0 Å². The van der Waals surface area contributed by atoms with Crippen LogP contribution in [0.2, 0.25) is 0 Å². The van der Waals surface area contributed by atoms with E-state index in [1.807, 2.05) is 17.6 Å². The molecule has 9 atom stereocenters. The van der Waals surface area contributed by atoms with Gasteiger partial charge in [0.1, 0.15) is 6.61 Å². The molecule has 4 fully saturated rings. The molecule has 6 aliphatic carbocycles. The molecule has 7 aliphatic rings. The summed E-state index contributed by atoms with van der Waals surface area (Å²) in [5.41, 5.74) is 9.97. The quantitative estimate of drug-likeness (QED) is 0.156. The lowest BCUT2D eigenvalue weighted by atomic mass is 9.37. The molecule has 4 saturated carbocycles. The normalized spacial score (nSPS) is 44.3. The van der Waals surface area contributed by atoms with E-state index in [0.29, 0.717) is 28.9 Å². The summed E-state index contributed by atoms with van der Waals surface area (Å²) >= 11 is 1.51. The Morgan fingerprint density at radius 1 is 1.00 bits per heavy atom. The molecule has 6 heteroatoms. The number of aliphatic hydroxyl groups is 1. The number of nitrogens with two attached hydrogens (primary N) is 1. The molecule has 5 nitrogen and oxygen atoms in total. The number of rotatable bonds is 8. The molecule has 0 bridgehead atoms. The Kier molecular flexibility index (Phi) is 8.62. The first kappa shape index (κ1) is 32.9. The third kappa shape index (κ3) is 5.09. The van der Waals surface area contributed by atoms with E-state index in [0.717, 1.165) is 61.9 Å². The molecular weight excluding hydrogens is 587 g/mol. The van der Waals surface area contributed by atoms with Crippen molar-refractivity contribution in [2.75, 3.05) is 19.7 Å². The molecule has 0 saturated heterocycles. The summed E-state index contributed by atoms with van der Waals surface area (Å²) in [7, 11) is 0. The molecule has 7 rings (SSSR count). The van der Waals surface area contributed by atoms with Gasteiger partial charge in [-0.1, -0.05) is 52.8 Å². The summed E-state index contributed by atoms with van der Waals surface area (Å²) < 4.78 is 9.34. The highest BCUT2D eigenvalue weighted by atomic mass is 32.2. The van der Waals surface area contributed by atoms with Crippen LogP contribution < -0.4 is 15.8 Å². The Hall–Kier alpha value is -1.63. The van der Waals surface area contributed by atoms with E-state index in [4.69, 9.17) is 10.5 Å². The van der Waals surface area contributed by atoms with E-state index in [1.165, 1.54) is 81.7 Å². The molecule has 0 spiro atoms. The minimum atomic E-state index is -0.437. The number of fused-ring (bicyclic) bond motifs is 7. The molecular formula is C40H61N3O2S. The highest BCUT2D eigenvalue weighted by Crippen LogP contribution is 2.72. The number of hydrogen-bond donors (Lipinski definition) is 4. The first-order valence-electron chi connectivity index (χ1n) is 18.6. The van der Waals surface area contributed by atoms with Crippen molar-refractivity contribution < 1.29 is 9.84 Å². The number of nitrogens with one attached hydrogen (secondary N) is 2. The van der Waals surface area contributed by atoms with Crippen LogP contribution in [0.25, 0.3) is 0 Å². The SMILES string of the molecule is C=C(O)C1(COC2=CC=CSN2)CC=C(C2=CCC3(C)C(CCC4(C)C5CCC6(NCCN)CCCC6C5CCC43)C2(C)C)CC1. The van der Waals surface area contributed by atoms with Crippen molar-refractivity contribution in [2.45, 2.75) is 117 Å². The van der Waals surface area contributed by atoms with Gasteiger partial charge in [-0.15, -0.1) is 0 Å². The van der Waals surface area contributed by atoms with Crippen LogP contribution in [0.15, 0.2) is 59.1 Å². The van der Waals surface area contributed by atoms with Crippen LogP contribution >= 0.6 is 11.9 Å². The van der Waals surface area contributed by atoms with E-state index in [2.05, 4.69) is 56.5 Å². The van der Waals surface area contributed by atoms with Gasteiger partial charge in [0.2, 0.25) is 0 Å². The average molecular weight is 648 g/mol. The third-order valence-corrected chi connectivity index (χ3v) is 16.0. The third-order valence-electron chi connectivity index (χ3n) is 15.3. The number of allylic oxidation sites excluding steroid dienone is 6. The minimum Gasteiger partial charge on any atom is -0.512 e. The summed E-state index contributed by atoms with van der Waals surface area (Å²) in [5, 5.41) is 16.8. The van der Waals surface area contributed by atoms with Crippen LogP contribution in [-0.4, -0.2) is 30.3 Å². The molecule has 46 heavy (non-hydrogen) atoms. The average Bonchev–Trinajstić information content (AvgIpc) is 3.48. The van der Waals surface area contributed by atoms with Gasteiger partial charge in [-0.25, -0.2) is 0 Å². The van der Waals surface area contributed by atoms with Gasteiger partial charge < -0.3 is 20.9 Å². The van der Waals surface area contributed by atoms with Gasteiger partial charge >= 0.3 is 0 Å². The number of hydrogen-bond acceptors (Lipinski definition) is 6. The summed E-state index contributed by atoms with van der Waals surface area (Å²) in [6, 6.07) is 0. The second kappa shape index (κ2) is 12.1. The molecule has 0 aromatic rings. The fraction of sp³-hybridized carbons (Fsp3) is 0.750. The van der Waals surface area contributed by atoms with Crippen molar-refractivity contribution >= 4 is 11.9 Å². The zero-order valence-corrected chi connectivity index (χ0v) is 30.0. The summed E-state index contributed by atoms with van der Waals surface area (Å²) in [6.07, 6.45) is 25.4. The molecule has 9 unspecified atom stereocenters. The molecule has 0 radical (unpaired) electrons. The van der Waals surface area contributed by atoms with Gasteiger partial charge in [-0.2, -0.15) is 0 Å². The van der Waals surface area contributed by atoms with Crippen molar-refractivity contribution in [3.63, 3.8) is 0 Å². The Morgan fingerprint density at radius 3 is 2.57 bits per heavy atom. The fourth-order valence-corrected chi connectivity index (χ4v) is 13.7. The first-order chi connectivity index (χ1) is 22.0. The van der Waals surface area contributed by atoms with E-state index >= 15 is 0 Å². The molecule has 1 heterocycles. The van der Waals surface area contributed by atoms with Crippen LogP contribution in [-0.2, 0) is 4.74 Å². The largest absolute Gasteiger partial charge is 0.512 e. The molecule has 0 aromatic heterocycles. The van der Waals surface area contributed by atoms with Crippen molar-refractivity contribution in [3.8, 4) is 0 Å². The lowest BCUT2D eigenvalue weighted by Gasteiger charge is -2.68. The lowest BCUT2D eigenvalue weighted by molar-refractivity contribution is -0.175. The highest BCUT2D eigenvalue weighted by Gasteiger charge is 2.65. The van der Waals surface area contributed by atoms with Crippen molar-refractivity contribution in [1.29, 1.82) is 0 Å². The fourth-order valence-electron chi connectivity index (χ4n) is 13.2.